The van der Waals surface area contributed by atoms with Crippen molar-refractivity contribution in [3.8, 4) is 0 Å². The molecular weight excluding hydrogens is 474 g/mol. The molecule has 5 rings (SSSR count). The van der Waals surface area contributed by atoms with Crippen LogP contribution in [0, 0.1) is 23.7 Å². The number of hydrogen-bond acceptors (Lipinski definition) is 4. The summed E-state index contributed by atoms with van der Waals surface area (Å²) in [4.78, 5) is 17.9. The number of nitrogens with one attached hydrogen (secondary N) is 1. The van der Waals surface area contributed by atoms with Gasteiger partial charge in [0.05, 0.1) is 17.9 Å². The van der Waals surface area contributed by atoms with Gasteiger partial charge in [-0.25, -0.2) is 18.3 Å². The minimum Gasteiger partial charge on any atom is -0.319 e. The number of fused-ring (bicyclic) bond motifs is 1. The molecular formula is C28H38F2N6O. The average molecular weight is 513 g/mol. The normalized spacial score (nSPS) is 24.4. The Morgan fingerprint density at radius 3 is 2.62 bits per heavy atom. The third-order valence-electron chi connectivity index (χ3n) is 8.56. The van der Waals surface area contributed by atoms with Crippen LogP contribution >= 0.6 is 0 Å². The standard InChI is InChI=1S/C28H38F2N6O/c1-17(2)20-7-10-22(11-8-20)36-16-24(25(34-36)26(29)30)33-28(37)23-15-31-35-13-12-21(32-27(23)35)9-6-19-5-4-18(3)14-19/h12-13,15-20,22,26H,4-11,14H2,1-3H3,(H,33,37). The molecule has 2 saturated carbocycles. The first kappa shape index (κ1) is 25.8. The molecule has 0 spiro atoms. The second-order valence-electron chi connectivity index (χ2n) is 11.5. The van der Waals surface area contributed by atoms with Crippen LogP contribution < -0.4 is 5.32 Å². The second kappa shape index (κ2) is 10.9. The van der Waals surface area contributed by atoms with Crippen molar-refractivity contribution in [1.29, 1.82) is 0 Å². The maximum atomic E-state index is 13.9. The quantitative estimate of drug-likeness (QED) is 0.357. The Kier molecular flexibility index (Phi) is 7.58. The van der Waals surface area contributed by atoms with Crippen LogP contribution in [0.15, 0.2) is 24.7 Å². The molecule has 7 nitrogen and oxygen atoms in total. The number of nitrogens with zero attached hydrogens (tertiary/aromatic N) is 5. The molecule has 37 heavy (non-hydrogen) atoms. The number of rotatable bonds is 8. The van der Waals surface area contributed by atoms with Crippen LogP contribution in [0.2, 0.25) is 0 Å². The number of aryl methyl sites for hydroxylation is 1. The van der Waals surface area contributed by atoms with E-state index in [0.29, 0.717) is 17.5 Å². The Bertz CT molecular complexity index is 1230. The van der Waals surface area contributed by atoms with E-state index in [9.17, 15) is 13.6 Å². The Morgan fingerprint density at radius 2 is 1.95 bits per heavy atom. The third kappa shape index (κ3) is 5.70. The Balaban J connectivity index is 1.30. The summed E-state index contributed by atoms with van der Waals surface area (Å²) in [6.07, 6.45) is 11.7. The first-order chi connectivity index (χ1) is 17.8. The zero-order chi connectivity index (χ0) is 26.1. The van der Waals surface area contributed by atoms with Crippen LogP contribution in [0.1, 0.15) is 106 Å². The Morgan fingerprint density at radius 1 is 1.16 bits per heavy atom. The topological polar surface area (TPSA) is 77.1 Å². The van der Waals surface area contributed by atoms with E-state index in [1.54, 1.807) is 15.4 Å². The highest BCUT2D eigenvalue weighted by Gasteiger charge is 2.28. The first-order valence-electron chi connectivity index (χ1n) is 13.8. The molecule has 0 aromatic carbocycles. The van der Waals surface area contributed by atoms with Crippen LogP contribution in [0.25, 0.3) is 5.65 Å². The van der Waals surface area contributed by atoms with E-state index >= 15 is 0 Å². The maximum Gasteiger partial charge on any atom is 0.284 e. The number of anilines is 1. The molecule has 2 aliphatic carbocycles. The molecule has 1 amide bonds. The summed E-state index contributed by atoms with van der Waals surface area (Å²) in [7, 11) is 0. The number of carbonyl (C=O) groups excluding carboxylic acids is 1. The summed E-state index contributed by atoms with van der Waals surface area (Å²) in [6, 6.07) is 2.01. The van der Waals surface area contributed by atoms with E-state index in [-0.39, 0.29) is 17.3 Å². The number of carbonyl (C=O) groups is 1. The van der Waals surface area contributed by atoms with Gasteiger partial charge in [0.2, 0.25) is 0 Å². The molecule has 200 valence electrons. The van der Waals surface area contributed by atoms with Crippen molar-refractivity contribution >= 4 is 17.2 Å². The summed E-state index contributed by atoms with van der Waals surface area (Å²) < 4.78 is 30.9. The highest BCUT2D eigenvalue weighted by molar-refractivity contribution is 6.08. The number of aromatic nitrogens is 5. The molecule has 3 heterocycles. The predicted molar refractivity (Wildman–Crippen MR) is 139 cm³/mol. The van der Waals surface area contributed by atoms with Crippen LogP contribution in [0.4, 0.5) is 14.5 Å². The zero-order valence-corrected chi connectivity index (χ0v) is 22.0. The number of amides is 1. The van der Waals surface area contributed by atoms with Gasteiger partial charge in [-0.1, -0.05) is 33.6 Å². The minimum atomic E-state index is -2.78. The highest BCUT2D eigenvalue weighted by Crippen LogP contribution is 2.37. The molecule has 0 bridgehead atoms. The lowest BCUT2D eigenvalue weighted by molar-refractivity contribution is 0.102. The van der Waals surface area contributed by atoms with E-state index < -0.39 is 18.0 Å². The van der Waals surface area contributed by atoms with E-state index in [1.165, 1.54) is 25.5 Å². The van der Waals surface area contributed by atoms with Gasteiger partial charge in [0.15, 0.2) is 11.3 Å². The number of hydrogen-bond donors (Lipinski definition) is 1. The van der Waals surface area contributed by atoms with Gasteiger partial charge in [0.1, 0.15) is 5.56 Å². The van der Waals surface area contributed by atoms with Crippen molar-refractivity contribution in [3.05, 3.63) is 41.6 Å². The summed E-state index contributed by atoms with van der Waals surface area (Å²) in [5.74, 6) is 2.30. The van der Waals surface area contributed by atoms with Crippen LogP contribution in [0.5, 0.6) is 0 Å². The Hall–Kier alpha value is -2.84. The van der Waals surface area contributed by atoms with Gasteiger partial charge in [-0.2, -0.15) is 10.2 Å². The van der Waals surface area contributed by atoms with Crippen molar-refractivity contribution in [2.75, 3.05) is 5.32 Å². The minimum absolute atomic E-state index is 0.0526. The zero-order valence-electron chi connectivity index (χ0n) is 22.0. The summed E-state index contributed by atoms with van der Waals surface area (Å²) in [5.41, 5.74) is 1.28. The molecule has 2 aliphatic rings. The van der Waals surface area contributed by atoms with Crippen molar-refractivity contribution in [2.45, 2.75) is 91.0 Å². The fourth-order valence-corrected chi connectivity index (χ4v) is 6.22. The van der Waals surface area contributed by atoms with Crippen molar-refractivity contribution in [2.24, 2.45) is 23.7 Å². The highest BCUT2D eigenvalue weighted by atomic mass is 19.3. The van der Waals surface area contributed by atoms with Gasteiger partial charge in [0.25, 0.3) is 12.3 Å². The molecule has 2 fully saturated rings. The molecule has 2 unspecified atom stereocenters. The largest absolute Gasteiger partial charge is 0.319 e. The lowest BCUT2D eigenvalue weighted by Crippen LogP contribution is -2.21. The monoisotopic (exact) mass is 512 g/mol. The maximum absolute atomic E-state index is 13.9. The summed E-state index contributed by atoms with van der Waals surface area (Å²) >= 11 is 0. The molecule has 0 saturated heterocycles. The van der Waals surface area contributed by atoms with Gasteiger partial charge in [-0.15, -0.1) is 0 Å². The molecule has 3 aromatic heterocycles. The lowest BCUT2D eigenvalue weighted by atomic mass is 9.80. The van der Waals surface area contributed by atoms with Gasteiger partial charge >= 0.3 is 0 Å². The SMILES string of the molecule is CC1CCC(CCc2ccn3ncc(C(=O)Nc4cn(C5CCC(C(C)C)CC5)nc4C(F)F)c3n2)C1. The smallest absolute Gasteiger partial charge is 0.284 e. The summed E-state index contributed by atoms with van der Waals surface area (Å²) in [5, 5.41) is 11.1. The predicted octanol–water partition coefficient (Wildman–Crippen LogP) is 6.87. The molecule has 3 aromatic rings. The van der Waals surface area contributed by atoms with Crippen LogP contribution in [0.3, 0.4) is 0 Å². The number of halogens is 2. The Labute approximate surface area is 217 Å². The van der Waals surface area contributed by atoms with Crippen LogP contribution in [-0.4, -0.2) is 30.3 Å². The van der Waals surface area contributed by atoms with Crippen LogP contribution in [-0.2, 0) is 6.42 Å². The lowest BCUT2D eigenvalue weighted by Gasteiger charge is -2.30. The van der Waals surface area contributed by atoms with Crippen molar-refractivity contribution in [1.82, 2.24) is 24.4 Å². The molecule has 0 aliphatic heterocycles. The van der Waals surface area contributed by atoms with Crippen molar-refractivity contribution < 1.29 is 13.6 Å². The van der Waals surface area contributed by atoms with E-state index in [4.69, 9.17) is 4.98 Å². The van der Waals surface area contributed by atoms with E-state index in [1.807, 2.05) is 12.3 Å². The van der Waals surface area contributed by atoms with Gasteiger partial charge in [-0.3, -0.25) is 9.48 Å². The third-order valence-corrected chi connectivity index (χ3v) is 8.56. The molecule has 2 atom stereocenters. The van der Waals surface area contributed by atoms with E-state index in [0.717, 1.165) is 56.1 Å². The van der Waals surface area contributed by atoms with Gasteiger partial charge < -0.3 is 5.32 Å². The van der Waals surface area contributed by atoms with Gasteiger partial charge in [-0.05, 0) is 74.7 Å². The molecule has 9 heteroatoms. The fraction of sp³-hybridized carbons (Fsp3) is 0.643. The first-order valence-corrected chi connectivity index (χ1v) is 13.8. The second-order valence-corrected chi connectivity index (χ2v) is 11.5. The summed E-state index contributed by atoms with van der Waals surface area (Å²) in [6.45, 7) is 6.77. The fourth-order valence-electron chi connectivity index (χ4n) is 6.22. The van der Waals surface area contributed by atoms with Gasteiger partial charge in [0, 0.05) is 18.1 Å². The molecule has 0 radical (unpaired) electrons. The molecule has 1 N–H and O–H groups in total. The van der Waals surface area contributed by atoms with Crippen molar-refractivity contribution in [3.63, 3.8) is 0 Å². The average Bonchev–Trinajstić information content (AvgIpc) is 3.60. The van der Waals surface area contributed by atoms with E-state index in [2.05, 4.69) is 36.3 Å². The number of alkyl halides is 2.